The van der Waals surface area contributed by atoms with E-state index in [1.54, 1.807) is 30.9 Å². The number of hydrogen-bond acceptors (Lipinski definition) is 9. The molecule has 0 bridgehead atoms. The van der Waals surface area contributed by atoms with Crippen molar-refractivity contribution < 1.29 is 40.9 Å². The number of nitrogens with zero attached hydrogens (tertiary/aromatic N) is 2. The molecule has 0 aliphatic carbocycles. The van der Waals surface area contributed by atoms with E-state index >= 15 is 0 Å². The minimum absolute atomic E-state index is 0.250. The van der Waals surface area contributed by atoms with Gasteiger partial charge in [0.15, 0.2) is 11.6 Å². The normalized spacial score (nSPS) is 12.2. The lowest BCUT2D eigenvalue weighted by Gasteiger charge is -2.18. The Kier molecular flexibility index (Phi) is 11.4. The number of carbonyl (C=O) groups excluding carboxylic acids is 1. The van der Waals surface area contributed by atoms with Gasteiger partial charge in [-0.1, -0.05) is 6.92 Å². The number of halogens is 2. The average molecular weight is 594 g/mol. The minimum Gasteiger partial charge on any atom is -0.492 e. The summed E-state index contributed by atoms with van der Waals surface area (Å²) >= 11 is 0. The lowest BCUT2D eigenvalue weighted by Crippen LogP contribution is -2.31. The topological polar surface area (TPSA) is 116 Å². The van der Waals surface area contributed by atoms with Crippen LogP contribution in [0.5, 0.6) is 17.2 Å². The van der Waals surface area contributed by atoms with E-state index in [4.69, 9.17) is 18.9 Å². The SMILES string of the molecule is CC[C@@H](Oc1ccc(C(=O)NS(=O)(=O)c2ccc(OCCN(C)C)cc2)c(F)c1F)c1ccc(OCCOC)cn1. The van der Waals surface area contributed by atoms with Gasteiger partial charge in [0.05, 0.1) is 29.0 Å². The van der Waals surface area contributed by atoms with Gasteiger partial charge in [0.1, 0.15) is 30.8 Å². The van der Waals surface area contributed by atoms with Crippen LogP contribution in [-0.2, 0) is 14.8 Å². The number of sulfonamides is 1. The molecule has 0 unspecified atom stereocenters. The number of ether oxygens (including phenoxy) is 4. The Morgan fingerprint density at radius 3 is 2.24 bits per heavy atom. The fourth-order valence-corrected chi connectivity index (χ4v) is 4.48. The number of methoxy groups -OCH3 is 1. The van der Waals surface area contributed by atoms with Crippen LogP contribution in [0, 0.1) is 11.6 Å². The molecule has 3 aromatic rings. The highest BCUT2D eigenvalue weighted by Gasteiger charge is 2.25. The quantitative estimate of drug-likeness (QED) is 0.261. The molecule has 222 valence electrons. The molecular weight excluding hydrogens is 560 g/mol. The first kappa shape index (κ1) is 31.7. The molecule has 1 aromatic heterocycles. The fourth-order valence-electron chi connectivity index (χ4n) is 3.51. The van der Waals surface area contributed by atoms with Crippen molar-refractivity contribution >= 4 is 15.9 Å². The van der Waals surface area contributed by atoms with Crippen molar-refractivity contribution in [1.29, 1.82) is 0 Å². The first-order chi connectivity index (χ1) is 19.6. The number of amides is 1. The highest BCUT2D eigenvalue weighted by atomic mass is 32.2. The van der Waals surface area contributed by atoms with E-state index in [1.807, 2.05) is 19.0 Å². The van der Waals surface area contributed by atoms with E-state index in [1.165, 1.54) is 30.5 Å². The number of pyridine rings is 1. The summed E-state index contributed by atoms with van der Waals surface area (Å²) < 4.78 is 78.5. The van der Waals surface area contributed by atoms with Crippen LogP contribution in [0.25, 0.3) is 0 Å². The van der Waals surface area contributed by atoms with Crippen LogP contribution >= 0.6 is 0 Å². The number of benzene rings is 2. The molecule has 1 amide bonds. The maximum Gasteiger partial charge on any atom is 0.268 e. The number of nitrogens with one attached hydrogen (secondary N) is 1. The maximum absolute atomic E-state index is 14.9. The van der Waals surface area contributed by atoms with E-state index in [0.29, 0.717) is 50.0 Å². The van der Waals surface area contributed by atoms with Crippen LogP contribution < -0.4 is 18.9 Å². The molecular formula is C28H33F2N3O7S. The van der Waals surface area contributed by atoms with Crippen LogP contribution in [0.4, 0.5) is 8.78 Å². The summed E-state index contributed by atoms with van der Waals surface area (Å²) in [6, 6.07) is 10.7. The summed E-state index contributed by atoms with van der Waals surface area (Å²) in [5, 5.41) is 0. The predicted molar refractivity (Wildman–Crippen MR) is 147 cm³/mol. The van der Waals surface area contributed by atoms with E-state index < -0.39 is 45.0 Å². The molecule has 1 N–H and O–H groups in total. The Balaban J connectivity index is 1.68. The second kappa shape index (κ2) is 14.7. The molecule has 3 rings (SSSR count). The zero-order valence-corrected chi connectivity index (χ0v) is 24.0. The number of aromatic nitrogens is 1. The van der Waals surface area contributed by atoms with Gasteiger partial charge < -0.3 is 23.8 Å². The van der Waals surface area contributed by atoms with Crippen molar-refractivity contribution in [1.82, 2.24) is 14.6 Å². The van der Waals surface area contributed by atoms with Gasteiger partial charge in [0, 0.05) is 13.7 Å². The van der Waals surface area contributed by atoms with Crippen molar-refractivity contribution in [2.45, 2.75) is 24.3 Å². The van der Waals surface area contributed by atoms with Gasteiger partial charge in [0.25, 0.3) is 15.9 Å². The Morgan fingerprint density at radius 1 is 0.951 bits per heavy atom. The molecule has 2 aromatic carbocycles. The molecule has 41 heavy (non-hydrogen) atoms. The van der Waals surface area contributed by atoms with Crippen molar-refractivity contribution in [3.05, 3.63) is 77.6 Å². The highest BCUT2D eigenvalue weighted by Crippen LogP contribution is 2.29. The lowest BCUT2D eigenvalue weighted by molar-refractivity contribution is 0.0976. The Bertz CT molecular complexity index is 1400. The molecule has 0 aliphatic rings. The van der Waals surface area contributed by atoms with Gasteiger partial charge in [-0.05, 0) is 69.0 Å². The number of hydrogen-bond donors (Lipinski definition) is 1. The molecule has 0 radical (unpaired) electrons. The van der Waals surface area contributed by atoms with Crippen LogP contribution in [-0.4, -0.2) is 71.8 Å². The maximum atomic E-state index is 14.9. The predicted octanol–water partition coefficient (Wildman–Crippen LogP) is 3.97. The van der Waals surface area contributed by atoms with Crippen molar-refractivity contribution in [3.63, 3.8) is 0 Å². The monoisotopic (exact) mass is 593 g/mol. The third-order valence-corrected chi connectivity index (χ3v) is 7.09. The number of rotatable bonds is 15. The molecule has 10 nitrogen and oxygen atoms in total. The third-order valence-electron chi connectivity index (χ3n) is 5.75. The van der Waals surface area contributed by atoms with Gasteiger partial charge >= 0.3 is 0 Å². The van der Waals surface area contributed by atoms with Gasteiger partial charge in [-0.25, -0.2) is 17.5 Å². The zero-order chi connectivity index (χ0) is 30.0. The molecule has 0 saturated carbocycles. The summed E-state index contributed by atoms with van der Waals surface area (Å²) in [4.78, 5) is 18.6. The largest absolute Gasteiger partial charge is 0.492 e. The molecule has 1 heterocycles. The molecule has 0 aliphatic heterocycles. The summed E-state index contributed by atoms with van der Waals surface area (Å²) in [5.41, 5.74) is -0.348. The van der Waals surface area contributed by atoms with Crippen molar-refractivity contribution in [2.75, 3.05) is 47.6 Å². The van der Waals surface area contributed by atoms with Crippen LogP contribution in [0.1, 0.15) is 35.5 Å². The van der Waals surface area contributed by atoms with Crippen molar-refractivity contribution in [3.8, 4) is 17.2 Å². The summed E-state index contributed by atoms with van der Waals surface area (Å²) in [6.45, 7) is 3.59. The number of likely N-dealkylation sites (N-methyl/N-ethyl adjacent to an activating group) is 1. The molecule has 0 spiro atoms. The first-order valence-electron chi connectivity index (χ1n) is 12.7. The summed E-state index contributed by atoms with van der Waals surface area (Å²) in [5.74, 6) is -3.84. The third kappa shape index (κ3) is 8.84. The Hall–Kier alpha value is -3.81. The van der Waals surface area contributed by atoms with E-state index in [2.05, 4.69) is 4.98 Å². The number of carbonyl (C=O) groups is 1. The van der Waals surface area contributed by atoms with Crippen molar-refractivity contribution in [2.24, 2.45) is 0 Å². The Morgan fingerprint density at radius 2 is 1.63 bits per heavy atom. The van der Waals surface area contributed by atoms with E-state index in [0.717, 1.165) is 12.1 Å². The zero-order valence-electron chi connectivity index (χ0n) is 23.2. The van der Waals surface area contributed by atoms with Crippen LogP contribution in [0.3, 0.4) is 0 Å². The minimum atomic E-state index is -4.38. The van der Waals surface area contributed by atoms with E-state index in [-0.39, 0.29) is 4.90 Å². The van der Waals surface area contributed by atoms with Gasteiger partial charge in [0.2, 0.25) is 5.82 Å². The first-order valence-corrected chi connectivity index (χ1v) is 14.2. The molecule has 0 saturated heterocycles. The summed E-state index contributed by atoms with van der Waals surface area (Å²) in [7, 11) is 0.954. The van der Waals surface area contributed by atoms with Gasteiger partial charge in [-0.15, -0.1) is 0 Å². The second-order valence-electron chi connectivity index (χ2n) is 9.07. The van der Waals surface area contributed by atoms with Crippen LogP contribution in [0.2, 0.25) is 0 Å². The lowest BCUT2D eigenvalue weighted by atomic mass is 10.1. The molecule has 0 fully saturated rings. The van der Waals surface area contributed by atoms with E-state index in [9.17, 15) is 22.0 Å². The fraction of sp³-hybridized carbons (Fsp3) is 0.357. The van der Waals surface area contributed by atoms with Gasteiger partial charge in [-0.3, -0.25) is 9.78 Å². The molecule has 1 atom stereocenters. The van der Waals surface area contributed by atoms with Gasteiger partial charge in [-0.2, -0.15) is 4.39 Å². The standard InChI is InChI=1S/C28H33F2N3O7S/c1-5-24(23-12-8-20(18-31-23)39-17-16-37-4)40-25-13-11-22(26(29)27(25)30)28(34)32-41(35,36)21-9-6-19(7-10-21)38-15-14-33(2)3/h6-13,18,24H,5,14-17H2,1-4H3,(H,32,34)/t24-/m1/s1. The highest BCUT2D eigenvalue weighted by molar-refractivity contribution is 7.90. The Labute approximate surface area is 238 Å². The average Bonchev–Trinajstić information content (AvgIpc) is 2.94. The summed E-state index contributed by atoms with van der Waals surface area (Å²) in [6.07, 6.45) is 1.12. The van der Waals surface area contributed by atoms with Crippen LogP contribution in [0.15, 0.2) is 59.6 Å². The second-order valence-corrected chi connectivity index (χ2v) is 10.8. The smallest absolute Gasteiger partial charge is 0.268 e. The molecule has 13 heteroatoms.